The van der Waals surface area contributed by atoms with Crippen molar-refractivity contribution in [3.63, 3.8) is 0 Å². The van der Waals surface area contributed by atoms with Crippen molar-refractivity contribution < 1.29 is 23.1 Å². The molecule has 0 radical (unpaired) electrons. The van der Waals surface area contributed by atoms with Gasteiger partial charge in [0.2, 0.25) is 5.88 Å². The number of hydrogen-bond acceptors (Lipinski definition) is 4. The summed E-state index contributed by atoms with van der Waals surface area (Å²) in [4.78, 5) is 0. The molecule has 1 saturated heterocycles. The highest BCUT2D eigenvalue weighted by molar-refractivity contribution is 5.19. The van der Waals surface area contributed by atoms with Crippen LogP contribution in [0.5, 0.6) is 5.88 Å². The predicted octanol–water partition coefficient (Wildman–Crippen LogP) is 3.04. The van der Waals surface area contributed by atoms with Crippen LogP contribution in [0.1, 0.15) is 32.9 Å². The van der Waals surface area contributed by atoms with Crippen LogP contribution < -0.4 is 4.74 Å². The Hall–Kier alpha value is -1.28. The first-order valence-corrected chi connectivity index (χ1v) is 7.42. The molecule has 8 heteroatoms. The Morgan fingerprint density at radius 1 is 1.45 bits per heavy atom. The summed E-state index contributed by atoms with van der Waals surface area (Å²) in [6.45, 7) is 6.96. The lowest BCUT2D eigenvalue weighted by atomic mass is 9.98. The Labute approximate surface area is 127 Å². The Morgan fingerprint density at radius 2 is 2.14 bits per heavy atom. The van der Waals surface area contributed by atoms with E-state index in [1.165, 1.54) is 9.75 Å². The molecule has 1 N–H and O–H groups in total. The van der Waals surface area contributed by atoms with Crippen LogP contribution in [0.15, 0.2) is 6.07 Å². The van der Waals surface area contributed by atoms with E-state index in [4.69, 9.17) is 4.74 Å². The number of piperidine rings is 1. The lowest BCUT2D eigenvalue weighted by Crippen LogP contribution is -2.43. The van der Waals surface area contributed by atoms with Gasteiger partial charge >= 0.3 is 6.18 Å². The van der Waals surface area contributed by atoms with Crippen molar-refractivity contribution in [2.75, 3.05) is 13.1 Å². The number of hydrogen-bond donors (Lipinski definition) is 1. The number of nitrogens with zero attached hydrogens (tertiary/aromatic N) is 3. The summed E-state index contributed by atoms with van der Waals surface area (Å²) in [6.07, 6.45) is -4.15. The largest absolute Gasteiger partial charge is 0.474 e. The zero-order chi connectivity index (χ0) is 16.5. The van der Waals surface area contributed by atoms with Gasteiger partial charge in [0.15, 0.2) is 5.69 Å². The summed E-state index contributed by atoms with van der Waals surface area (Å²) >= 11 is 0. The molecule has 1 fully saturated rings. The Kier molecular flexibility index (Phi) is 5.01. The minimum atomic E-state index is -4.49. The van der Waals surface area contributed by atoms with E-state index in [-0.39, 0.29) is 23.8 Å². The van der Waals surface area contributed by atoms with E-state index < -0.39 is 11.9 Å². The van der Waals surface area contributed by atoms with Gasteiger partial charge in [0, 0.05) is 31.6 Å². The lowest BCUT2D eigenvalue weighted by Gasteiger charge is -2.33. The summed E-state index contributed by atoms with van der Waals surface area (Å²) < 4.78 is 45.6. The van der Waals surface area contributed by atoms with E-state index in [1.54, 1.807) is 0 Å². The van der Waals surface area contributed by atoms with Gasteiger partial charge in [-0.1, -0.05) is 20.8 Å². The van der Waals surface area contributed by atoms with Crippen molar-refractivity contribution in [1.82, 2.24) is 14.8 Å². The molecule has 1 aromatic heterocycles. The van der Waals surface area contributed by atoms with Gasteiger partial charge in [-0.05, 0) is 12.3 Å². The number of alkyl halides is 3. The standard InChI is InChI=1S/C14H22F3N3O2/c1-9(2)7-20-13(6-12(18-20)14(15,16)17)22-11-4-5-19(21)8-10(11)3/h6,9-11,21H,4-5,7-8H2,1-3H3. The first kappa shape index (κ1) is 17.1. The van der Waals surface area contributed by atoms with E-state index in [0.29, 0.717) is 26.1 Å². The van der Waals surface area contributed by atoms with Gasteiger partial charge < -0.3 is 9.94 Å². The zero-order valence-electron chi connectivity index (χ0n) is 13.0. The van der Waals surface area contributed by atoms with Crippen LogP contribution in [0.2, 0.25) is 0 Å². The molecule has 5 nitrogen and oxygen atoms in total. The maximum atomic E-state index is 12.9. The third-order valence-corrected chi connectivity index (χ3v) is 3.65. The van der Waals surface area contributed by atoms with E-state index in [1.807, 2.05) is 20.8 Å². The van der Waals surface area contributed by atoms with E-state index >= 15 is 0 Å². The molecule has 0 bridgehead atoms. The molecule has 126 valence electrons. The molecule has 0 amide bonds. The fourth-order valence-corrected chi connectivity index (χ4v) is 2.54. The summed E-state index contributed by atoms with van der Waals surface area (Å²) in [6, 6.07) is 0.959. The molecule has 0 spiro atoms. The van der Waals surface area contributed by atoms with E-state index in [2.05, 4.69) is 5.10 Å². The van der Waals surface area contributed by atoms with Crippen LogP contribution >= 0.6 is 0 Å². The molecule has 22 heavy (non-hydrogen) atoms. The molecular weight excluding hydrogens is 299 g/mol. The smallest absolute Gasteiger partial charge is 0.435 e. The monoisotopic (exact) mass is 321 g/mol. The number of ether oxygens (including phenoxy) is 1. The van der Waals surface area contributed by atoms with Crippen LogP contribution in [-0.2, 0) is 12.7 Å². The van der Waals surface area contributed by atoms with Crippen LogP contribution in [0.3, 0.4) is 0 Å². The highest BCUT2D eigenvalue weighted by Gasteiger charge is 2.36. The summed E-state index contributed by atoms with van der Waals surface area (Å²) in [5.74, 6) is 0.319. The van der Waals surface area contributed by atoms with Gasteiger partial charge in [-0.25, -0.2) is 4.68 Å². The molecule has 2 unspecified atom stereocenters. The Morgan fingerprint density at radius 3 is 2.68 bits per heavy atom. The SMILES string of the molecule is CC(C)Cn1nc(C(F)(F)F)cc1OC1CCN(O)CC1C. The van der Waals surface area contributed by atoms with Crippen LogP contribution in [-0.4, -0.2) is 39.2 Å². The van der Waals surface area contributed by atoms with Crippen LogP contribution in [0.4, 0.5) is 13.2 Å². The van der Waals surface area contributed by atoms with Gasteiger partial charge in [0.25, 0.3) is 0 Å². The van der Waals surface area contributed by atoms with E-state index in [9.17, 15) is 18.4 Å². The Bertz CT molecular complexity index is 502. The van der Waals surface area contributed by atoms with Crippen molar-refractivity contribution in [2.24, 2.45) is 11.8 Å². The highest BCUT2D eigenvalue weighted by Crippen LogP contribution is 2.32. The van der Waals surface area contributed by atoms with Crippen molar-refractivity contribution in [2.45, 2.75) is 46.0 Å². The minimum absolute atomic E-state index is 0.0236. The van der Waals surface area contributed by atoms with Crippen molar-refractivity contribution in [3.05, 3.63) is 11.8 Å². The van der Waals surface area contributed by atoms with Crippen molar-refractivity contribution in [1.29, 1.82) is 0 Å². The van der Waals surface area contributed by atoms with E-state index in [0.717, 1.165) is 6.07 Å². The first-order valence-electron chi connectivity index (χ1n) is 7.42. The number of halogens is 3. The second kappa shape index (κ2) is 6.45. The quantitative estimate of drug-likeness (QED) is 0.926. The Balaban J connectivity index is 2.19. The third kappa shape index (κ3) is 4.13. The number of rotatable bonds is 4. The molecular formula is C14H22F3N3O2. The second-order valence-corrected chi connectivity index (χ2v) is 6.28. The van der Waals surface area contributed by atoms with Crippen molar-refractivity contribution in [3.8, 4) is 5.88 Å². The average Bonchev–Trinajstić information content (AvgIpc) is 2.75. The molecule has 0 aliphatic carbocycles. The van der Waals surface area contributed by atoms with Gasteiger partial charge in [0.1, 0.15) is 6.10 Å². The molecule has 2 rings (SSSR count). The van der Waals surface area contributed by atoms with Gasteiger partial charge in [-0.15, -0.1) is 0 Å². The molecule has 0 saturated carbocycles. The zero-order valence-corrected chi connectivity index (χ0v) is 13.0. The summed E-state index contributed by atoms with van der Waals surface area (Å²) in [5.41, 5.74) is -0.935. The number of hydroxylamine groups is 2. The molecule has 1 aliphatic rings. The number of aromatic nitrogens is 2. The molecule has 0 aromatic carbocycles. The van der Waals surface area contributed by atoms with Crippen molar-refractivity contribution >= 4 is 0 Å². The maximum absolute atomic E-state index is 12.9. The molecule has 2 atom stereocenters. The average molecular weight is 321 g/mol. The van der Waals surface area contributed by atoms with Gasteiger partial charge in [-0.3, -0.25) is 0 Å². The fourth-order valence-electron chi connectivity index (χ4n) is 2.54. The van der Waals surface area contributed by atoms with Crippen LogP contribution in [0, 0.1) is 11.8 Å². The lowest BCUT2D eigenvalue weighted by molar-refractivity contribution is -0.141. The second-order valence-electron chi connectivity index (χ2n) is 6.28. The van der Waals surface area contributed by atoms with Gasteiger partial charge in [0.05, 0.1) is 0 Å². The minimum Gasteiger partial charge on any atom is -0.474 e. The first-order chi connectivity index (χ1) is 10.2. The maximum Gasteiger partial charge on any atom is 0.435 e. The highest BCUT2D eigenvalue weighted by atomic mass is 19.4. The molecule has 2 heterocycles. The third-order valence-electron chi connectivity index (χ3n) is 3.65. The fraction of sp³-hybridized carbons (Fsp3) is 0.786. The summed E-state index contributed by atoms with van der Waals surface area (Å²) in [5, 5.41) is 14.3. The molecule has 1 aliphatic heterocycles. The normalized spacial score (nSPS) is 24.0. The topological polar surface area (TPSA) is 50.5 Å². The van der Waals surface area contributed by atoms with Gasteiger partial charge in [-0.2, -0.15) is 23.3 Å². The van der Waals surface area contributed by atoms with Crippen LogP contribution in [0.25, 0.3) is 0 Å². The predicted molar refractivity (Wildman–Crippen MR) is 73.6 cm³/mol. The summed E-state index contributed by atoms with van der Waals surface area (Å²) in [7, 11) is 0. The molecule has 1 aromatic rings.